The Bertz CT molecular complexity index is 148. The van der Waals surface area contributed by atoms with E-state index in [-0.39, 0.29) is 6.04 Å². The van der Waals surface area contributed by atoms with Gasteiger partial charge in [-0.1, -0.05) is 27.2 Å². The Morgan fingerprint density at radius 2 is 2.15 bits per heavy atom. The monoisotopic (exact) mass is 187 g/mol. The summed E-state index contributed by atoms with van der Waals surface area (Å²) in [5.74, 6) is -0.121. The van der Waals surface area contributed by atoms with Gasteiger partial charge in [-0.25, -0.2) is 0 Å². The molecule has 0 unspecified atom stereocenters. The van der Waals surface area contributed by atoms with Crippen LogP contribution < -0.4 is 5.32 Å². The Hall–Kier alpha value is -0.570. The molecule has 0 radical (unpaired) electrons. The Kier molecular flexibility index (Phi) is 6.59. The number of hydrogen-bond acceptors (Lipinski definition) is 2. The number of carboxylic acids is 1. The van der Waals surface area contributed by atoms with Gasteiger partial charge >= 0.3 is 5.97 Å². The molecule has 1 aliphatic rings. The van der Waals surface area contributed by atoms with Crippen LogP contribution >= 0.6 is 0 Å². The van der Waals surface area contributed by atoms with Crippen molar-refractivity contribution in [3.63, 3.8) is 0 Å². The first-order valence-corrected chi connectivity index (χ1v) is 5.20. The predicted molar refractivity (Wildman–Crippen MR) is 53.8 cm³/mol. The third kappa shape index (κ3) is 4.27. The summed E-state index contributed by atoms with van der Waals surface area (Å²) in [6.45, 7) is 7.01. The predicted octanol–water partition coefficient (Wildman–Crippen LogP) is 1.88. The van der Waals surface area contributed by atoms with Crippen molar-refractivity contribution in [2.24, 2.45) is 5.92 Å². The molecule has 0 aromatic carbocycles. The SMILES string of the molecule is CC.CCC[C@H]1CN[C@H](C(=O)O)C1. The number of hydrogen-bond donors (Lipinski definition) is 2. The molecule has 1 fully saturated rings. The van der Waals surface area contributed by atoms with E-state index < -0.39 is 5.97 Å². The number of carboxylic acid groups (broad SMARTS) is 1. The second-order valence-corrected chi connectivity index (χ2v) is 3.19. The van der Waals surface area contributed by atoms with Crippen LogP contribution in [0.1, 0.15) is 40.0 Å². The van der Waals surface area contributed by atoms with Crippen LogP contribution in [0.3, 0.4) is 0 Å². The topological polar surface area (TPSA) is 49.3 Å². The van der Waals surface area contributed by atoms with Crippen molar-refractivity contribution in [1.82, 2.24) is 5.32 Å². The zero-order valence-corrected chi connectivity index (χ0v) is 8.84. The highest BCUT2D eigenvalue weighted by Crippen LogP contribution is 2.18. The zero-order chi connectivity index (χ0) is 10.3. The van der Waals surface area contributed by atoms with Gasteiger partial charge in [-0.3, -0.25) is 4.79 Å². The molecule has 78 valence electrons. The van der Waals surface area contributed by atoms with Crippen molar-refractivity contribution in [3.8, 4) is 0 Å². The molecular formula is C10H21NO2. The maximum absolute atomic E-state index is 10.5. The van der Waals surface area contributed by atoms with Crippen LogP contribution in [0.5, 0.6) is 0 Å². The van der Waals surface area contributed by atoms with Crippen molar-refractivity contribution >= 4 is 5.97 Å². The Labute approximate surface area is 80.5 Å². The van der Waals surface area contributed by atoms with E-state index in [0.717, 1.165) is 25.8 Å². The van der Waals surface area contributed by atoms with Gasteiger partial charge in [0.15, 0.2) is 0 Å². The molecule has 13 heavy (non-hydrogen) atoms. The van der Waals surface area contributed by atoms with E-state index in [1.165, 1.54) is 0 Å². The maximum Gasteiger partial charge on any atom is 0.320 e. The van der Waals surface area contributed by atoms with Gasteiger partial charge in [0.25, 0.3) is 0 Å². The summed E-state index contributed by atoms with van der Waals surface area (Å²) < 4.78 is 0. The quantitative estimate of drug-likeness (QED) is 0.709. The smallest absolute Gasteiger partial charge is 0.320 e. The number of carbonyl (C=O) groups is 1. The lowest BCUT2D eigenvalue weighted by atomic mass is 10.0. The normalized spacial score (nSPS) is 26.4. The molecule has 0 spiro atoms. The Morgan fingerprint density at radius 3 is 2.54 bits per heavy atom. The summed E-state index contributed by atoms with van der Waals surface area (Å²) in [6.07, 6.45) is 3.11. The zero-order valence-electron chi connectivity index (χ0n) is 8.84. The standard InChI is InChI=1S/C8H15NO2.C2H6/c1-2-3-6-4-7(8(10)11)9-5-6;1-2/h6-7,9H,2-5H2,1H3,(H,10,11);1-2H3/t6-,7+;/m1./s1. The third-order valence-electron chi connectivity index (χ3n) is 2.22. The summed E-state index contributed by atoms with van der Waals surface area (Å²) in [7, 11) is 0. The van der Waals surface area contributed by atoms with Gasteiger partial charge in [0.1, 0.15) is 6.04 Å². The van der Waals surface area contributed by atoms with Gasteiger partial charge in [-0.2, -0.15) is 0 Å². The van der Waals surface area contributed by atoms with E-state index >= 15 is 0 Å². The van der Waals surface area contributed by atoms with Crippen molar-refractivity contribution in [2.75, 3.05) is 6.54 Å². The van der Waals surface area contributed by atoms with Crippen molar-refractivity contribution in [1.29, 1.82) is 0 Å². The fraction of sp³-hybridized carbons (Fsp3) is 0.900. The lowest BCUT2D eigenvalue weighted by molar-refractivity contribution is -0.139. The van der Waals surface area contributed by atoms with Crippen molar-refractivity contribution in [3.05, 3.63) is 0 Å². The summed E-state index contributed by atoms with van der Waals surface area (Å²) in [5.41, 5.74) is 0. The van der Waals surface area contributed by atoms with E-state index in [1.807, 2.05) is 13.8 Å². The molecule has 1 saturated heterocycles. The molecule has 1 heterocycles. The first-order chi connectivity index (χ1) is 6.24. The Morgan fingerprint density at radius 1 is 1.54 bits per heavy atom. The fourth-order valence-electron chi connectivity index (χ4n) is 1.63. The highest BCUT2D eigenvalue weighted by molar-refractivity contribution is 5.73. The minimum Gasteiger partial charge on any atom is -0.480 e. The van der Waals surface area contributed by atoms with Gasteiger partial charge in [0.05, 0.1) is 0 Å². The molecule has 2 atom stereocenters. The molecule has 0 amide bonds. The first-order valence-electron chi connectivity index (χ1n) is 5.20. The second kappa shape index (κ2) is 6.89. The largest absolute Gasteiger partial charge is 0.480 e. The molecule has 1 rings (SSSR count). The molecule has 2 N–H and O–H groups in total. The highest BCUT2D eigenvalue weighted by atomic mass is 16.4. The van der Waals surface area contributed by atoms with Crippen LogP contribution in [0.25, 0.3) is 0 Å². The minimum absolute atomic E-state index is 0.286. The number of aliphatic carboxylic acids is 1. The second-order valence-electron chi connectivity index (χ2n) is 3.19. The molecule has 3 heteroatoms. The lowest BCUT2D eigenvalue weighted by Gasteiger charge is -2.04. The van der Waals surface area contributed by atoms with E-state index in [1.54, 1.807) is 0 Å². The van der Waals surface area contributed by atoms with E-state index in [0.29, 0.717) is 5.92 Å². The van der Waals surface area contributed by atoms with Crippen LogP contribution in [0, 0.1) is 5.92 Å². The van der Waals surface area contributed by atoms with Crippen LogP contribution in [-0.2, 0) is 4.79 Å². The molecule has 0 aliphatic carbocycles. The Balaban J connectivity index is 0.000000671. The minimum atomic E-state index is -0.705. The first kappa shape index (κ1) is 12.4. The van der Waals surface area contributed by atoms with Crippen LogP contribution in [0.4, 0.5) is 0 Å². The number of rotatable bonds is 3. The molecule has 0 aromatic rings. The van der Waals surface area contributed by atoms with Crippen LogP contribution in [-0.4, -0.2) is 23.7 Å². The van der Waals surface area contributed by atoms with Crippen molar-refractivity contribution < 1.29 is 9.90 Å². The van der Waals surface area contributed by atoms with Gasteiger partial charge < -0.3 is 10.4 Å². The van der Waals surface area contributed by atoms with Gasteiger partial charge in [-0.15, -0.1) is 0 Å². The van der Waals surface area contributed by atoms with Crippen LogP contribution in [0.15, 0.2) is 0 Å². The molecule has 0 saturated carbocycles. The average molecular weight is 187 g/mol. The van der Waals surface area contributed by atoms with E-state index in [4.69, 9.17) is 5.11 Å². The lowest BCUT2D eigenvalue weighted by Crippen LogP contribution is -2.29. The average Bonchev–Trinajstić information content (AvgIpc) is 2.57. The molecule has 0 bridgehead atoms. The van der Waals surface area contributed by atoms with Gasteiger partial charge in [-0.05, 0) is 25.3 Å². The van der Waals surface area contributed by atoms with E-state index in [2.05, 4.69) is 12.2 Å². The van der Waals surface area contributed by atoms with Gasteiger partial charge in [0.2, 0.25) is 0 Å². The highest BCUT2D eigenvalue weighted by Gasteiger charge is 2.27. The van der Waals surface area contributed by atoms with Crippen molar-refractivity contribution in [2.45, 2.75) is 46.1 Å². The summed E-state index contributed by atoms with van der Waals surface area (Å²) in [5, 5.41) is 11.6. The third-order valence-corrected chi connectivity index (χ3v) is 2.22. The molecule has 0 aromatic heterocycles. The molecule has 3 nitrogen and oxygen atoms in total. The summed E-state index contributed by atoms with van der Waals surface area (Å²) in [4.78, 5) is 10.5. The molecule has 1 aliphatic heterocycles. The van der Waals surface area contributed by atoms with Crippen LogP contribution in [0.2, 0.25) is 0 Å². The summed E-state index contributed by atoms with van der Waals surface area (Å²) >= 11 is 0. The molecular weight excluding hydrogens is 166 g/mol. The maximum atomic E-state index is 10.5. The number of nitrogens with one attached hydrogen (secondary N) is 1. The summed E-state index contributed by atoms with van der Waals surface area (Å²) in [6, 6.07) is -0.286. The fourth-order valence-corrected chi connectivity index (χ4v) is 1.63. The van der Waals surface area contributed by atoms with E-state index in [9.17, 15) is 4.79 Å². The van der Waals surface area contributed by atoms with Gasteiger partial charge in [0, 0.05) is 0 Å².